The second-order valence-electron chi connectivity index (χ2n) is 4.61. The predicted octanol–water partition coefficient (Wildman–Crippen LogP) is 1.60. The molecule has 2 N–H and O–H groups in total. The summed E-state index contributed by atoms with van der Waals surface area (Å²) in [7, 11) is 0. The predicted molar refractivity (Wildman–Crippen MR) is 68.2 cm³/mol. The summed E-state index contributed by atoms with van der Waals surface area (Å²) in [5.74, 6) is 0.553. The highest BCUT2D eigenvalue weighted by molar-refractivity contribution is 7.15. The molecule has 1 aliphatic rings. The summed E-state index contributed by atoms with van der Waals surface area (Å²) in [6.07, 6.45) is 1.81. The fraction of sp³-hybridized carbons (Fsp3) is 0.727. The van der Waals surface area contributed by atoms with Crippen molar-refractivity contribution in [2.75, 3.05) is 18.4 Å². The fourth-order valence-electron chi connectivity index (χ4n) is 1.81. The number of anilines is 1. The van der Waals surface area contributed by atoms with Crippen LogP contribution in [0.2, 0.25) is 0 Å². The minimum Gasteiger partial charge on any atom is -0.317 e. The van der Waals surface area contributed by atoms with Crippen LogP contribution in [0.15, 0.2) is 0 Å². The van der Waals surface area contributed by atoms with Crippen LogP contribution in [0.5, 0.6) is 0 Å². The van der Waals surface area contributed by atoms with E-state index >= 15 is 0 Å². The molecule has 17 heavy (non-hydrogen) atoms. The lowest BCUT2D eigenvalue weighted by molar-refractivity contribution is -0.120. The lowest BCUT2D eigenvalue weighted by Crippen LogP contribution is -2.34. The number of aromatic nitrogens is 2. The van der Waals surface area contributed by atoms with Crippen molar-refractivity contribution in [3.05, 3.63) is 5.01 Å². The Morgan fingerprint density at radius 3 is 2.71 bits per heavy atom. The smallest absolute Gasteiger partial charge is 0.229 e. The number of amides is 1. The monoisotopic (exact) mass is 254 g/mol. The van der Waals surface area contributed by atoms with E-state index in [0.29, 0.717) is 11.0 Å². The fourth-order valence-corrected chi connectivity index (χ4v) is 2.56. The van der Waals surface area contributed by atoms with Crippen LogP contribution in [-0.2, 0) is 4.79 Å². The first-order valence-corrected chi connectivity index (χ1v) is 6.83. The highest BCUT2D eigenvalue weighted by Crippen LogP contribution is 2.23. The Hall–Kier alpha value is -1.01. The van der Waals surface area contributed by atoms with Gasteiger partial charge in [-0.2, -0.15) is 0 Å². The maximum atomic E-state index is 11.9. The Morgan fingerprint density at radius 1 is 1.41 bits per heavy atom. The molecule has 1 saturated heterocycles. The van der Waals surface area contributed by atoms with Crippen LogP contribution < -0.4 is 10.6 Å². The van der Waals surface area contributed by atoms with Crippen LogP contribution in [0.4, 0.5) is 5.13 Å². The molecule has 2 rings (SSSR count). The van der Waals surface area contributed by atoms with Gasteiger partial charge in [0.1, 0.15) is 5.01 Å². The SMILES string of the molecule is CC(C)c1nnc(NC(=O)C2CCNCC2)s1. The van der Waals surface area contributed by atoms with E-state index in [1.165, 1.54) is 11.3 Å². The van der Waals surface area contributed by atoms with Crippen molar-refractivity contribution in [2.24, 2.45) is 5.92 Å². The number of carbonyl (C=O) groups excluding carboxylic acids is 1. The number of carbonyl (C=O) groups is 1. The van der Waals surface area contributed by atoms with Gasteiger partial charge in [-0.05, 0) is 25.9 Å². The standard InChI is InChI=1S/C11H18N4OS/c1-7(2)10-14-15-11(17-10)13-9(16)8-3-5-12-6-4-8/h7-8,12H,3-6H2,1-2H3,(H,13,15,16). The van der Waals surface area contributed by atoms with Gasteiger partial charge in [-0.15, -0.1) is 10.2 Å². The molecule has 1 aromatic rings. The number of nitrogens with zero attached hydrogens (tertiary/aromatic N) is 2. The molecule has 0 atom stereocenters. The maximum absolute atomic E-state index is 11.9. The van der Waals surface area contributed by atoms with Gasteiger partial charge in [-0.1, -0.05) is 25.2 Å². The second-order valence-corrected chi connectivity index (χ2v) is 5.62. The molecule has 1 amide bonds. The number of nitrogens with one attached hydrogen (secondary N) is 2. The molecule has 0 unspecified atom stereocenters. The molecule has 0 spiro atoms. The average molecular weight is 254 g/mol. The molecule has 0 bridgehead atoms. The van der Waals surface area contributed by atoms with Crippen molar-refractivity contribution in [3.63, 3.8) is 0 Å². The van der Waals surface area contributed by atoms with E-state index < -0.39 is 0 Å². The Balaban J connectivity index is 1.92. The van der Waals surface area contributed by atoms with Crippen LogP contribution >= 0.6 is 11.3 Å². The van der Waals surface area contributed by atoms with E-state index in [1.807, 2.05) is 0 Å². The van der Waals surface area contributed by atoms with Gasteiger partial charge >= 0.3 is 0 Å². The van der Waals surface area contributed by atoms with Gasteiger partial charge in [-0.3, -0.25) is 4.79 Å². The third kappa shape index (κ3) is 3.23. The van der Waals surface area contributed by atoms with E-state index in [2.05, 4.69) is 34.7 Å². The quantitative estimate of drug-likeness (QED) is 0.860. The number of rotatable bonds is 3. The molecular formula is C11H18N4OS. The molecule has 0 aliphatic carbocycles. The van der Waals surface area contributed by atoms with Gasteiger partial charge in [0.15, 0.2) is 0 Å². The lowest BCUT2D eigenvalue weighted by Gasteiger charge is -2.20. The molecule has 5 nitrogen and oxygen atoms in total. The van der Waals surface area contributed by atoms with Crippen LogP contribution in [0, 0.1) is 5.92 Å². The zero-order valence-electron chi connectivity index (χ0n) is 10.2. The van der Waals surface area contributed by atoms with E-state index in [9.17, 15) is 4.79 Å². The first-order chi connectivity index (χ1) is 8.16. The molecule has 6 heteroatoms. The third-order valence-electron chi connectivity index (χ3n) is 2.87. The minimum atomic E-state index is 0.0814. The maximum Gasteiger partial charge on any atom is 0.229 e. The summed E-state index contributed by atoms with van der Waals surface area (Å²) in [5.41, 5.74) is 0. The zero-order valence-corrected chi connectivity index (χ0v) is 11.0. The van der Waals surface area contributed by atoms with E-state index in [0.717, 1.165) is 30.9 Å². The molecular weight excluding hydrogens is 236 g/mol. The van der Waals surface area contributed by atoms with Gasteiger partial charge in [0, 0.05) is 11.8 Å². The molecule has 1 aliphatic heterocycles. The first kappa shape index (κ1) is 12.4. The lowest BCUT2D eigenvalue weighted by atomic mass is 9.97. The highest BCUT2D eigenvalue weighted by Gasteiger charge is 2.22. The van der Waals surface area contributed by atoms with Gasteiger partial charge < -0.3 is 10.6 Å². The van der Waals surface area contributed by atoms with Crippen molar-refractivity contribution >= 4 is 22.4 Å². The largest absolute Gasteiger partial charge is 0.317 e. The Labute approximate surface area is 105 Å². The van der Waals surface area contributed by atoms with Gasteiger partial charge in [-0.25, -0.2) is 0 Å². The molecule has 2 heterocycles. The normalized spacial score (nSPS) is 17.4. The van der Waals surface area contributed by atoms with E-state index in [-0.39, 0.29) is 11.8 Å². The van der Waals surface area contributed by atoms with Crippen LogP contribution in [0.3, 0.4) is 0 Å². The van der Waals surface area contributed by atoms with Crippen molar-refractivity contribution in [2.45, 2.75) is 32.6 Å². The Kier molecular flexibility index (Phi) is 4.06. The number of hydrogen-bond donors (Lipinski definition) is 2. The van der Waals surface area contributed by atoms with Crippen LogP contribution in [0.25, 0.3) is 0 Å². The summed E-state index contributed by atoms with van der Waals surface area (Å²) in [6, 6.07) is 0. The third-order valence-corrected chi connectivity index (χ3v) is 4.01. The number of piperidine rings is 1. The molecule has 0 saturated carbocycles. The summed E-state index contributed by atoms with van der Waals surface area (Å²) >= 11 is 1.46. The first-order valence-electron chi connectivity index (χ1n) is 6.02. The summed E-state index contributed by atoms with van der Waals surface area (Å²) < 4.78 is 0. The molecule has 1 fully saturated rings. The van der Waals surface area contributed by atoms with Crippen molar-refractivity contribution in [3.8, 4) is 0 Å². The van der Waals surface area contributed by atoms with Crippen molar-refractivity contribution in [1.29, 1.82) is 0 Å². The number of hydrogen-bond acceptors (Lipinski definition) is 5. The van der Waals surface area contributed by atoms with E-state index in [4.69, 9.17) is 0 Å². The van der Waals surface area contributed by atoms with Gasteiger partial charge in [0.2, 0.25) is 11.0 Å². The topological polar surface area (TPSA) is 66.9 Å². The van der Waals surface area contributed by atoms with Crippen LogP contribution in [0.1, 0.15) is 37.6 Å². The molecule has 0 radical (unpaired) electrons. The second kappa shape index (κ2) is 5.55. The molecule has 94 valence electrons. The van der Waals surface area contributed by atoms with Crippen LogP contribution in [-0.4, -0.2) is 29.2 Å². The minimum absolute atomic E-state index is 0.0814. The summed E-state index contributed by atoms with van der Waals surface area (Å²) in [5, 5.41) is 15.7. The average Bonchev–Trinajstić information content (AvgIpc) is 2.79. The Bertz CT molecular complexity index is 385. The molecule has 1 aromatic heterocycles. The summed E-state index contributed by atoms with van der Waals surface area (Å²) in [6.45, 7) is 5.98. The van der Waals surface area contributed by atoms with Gasteiger partial charge in [0.05, 0.1) is 0 Å². The Morgan fingerprint density at radius 2 is 2.12 bits per heavy atom. The van der Waals surface area contributed by atoms with Crippen molar-refractivity contribution in [1.82, 2.24) is 15.5 Å². The van der Waals surface area contributed by atoms with E-state index in [1.54, 1.807) is 0 Å². The zero-order chi connectivity index (χ0) is 12.3. The molecule has 0 aromatic carbocycles. The van der Waals surface area contributed by atoms with Crippen molar-refractivity contribution < 1.29 is 4.79 Å². The highest BCUT2D eigenvalue weighted by atomic mass is 32.1. The van der Waals surface area contributed by atoms with Gasteiger partial charge in [0.25, 0.3) is 0 Å². The summed E-state index contributed by atoms with van der Waals surface area (Å²) in [4.78, 5) is 11.9.